The highest BCUT2D eigenvalue weighted by molar-refractivity contribution is 6.28. The summed E-state index contributed by atoms with van der Waals surface area (Å²) in [6.45, 7) is 3.71. The molecule has 5 nitrogen and oxygen atoms in total. The van der Waals surface area contributed by atoms with Crippen LogP contribution in [0.5, 0.6) is 11.6 Å². The quantitative estimate of drug-likeness (QED) is 0.530. The molecule has 2 aromatic carbocycles. The molecule has 0 saturated carbocycles. The van der Waals surface area contributed by atoms with Crippen LogP contribution in [0.25, 0.3) is 22.0 Å². The number of nitrogens with zero attached hydrogens (tertiary/aromatic N) is 2. The predicted molar refractivity (Wildman–Crippen MR) is 108 cm³/mol. The first-order chi connectivity index (χ1) is 13.8. The van der Waals surface area contributed by atoms with Crippen LogP contribution < -0.4 is 9.47 Å². The Kier molecular flexibility index (Phi) is 4.24. The summed E-state index contributed by atoms with van der Waals surface area (Å²) in [5.74, 6) is 1.23. The third kappa shape index (κ3) is 2.74. The van der Waals surface area contributed by atoms with Crippen LogP contribution in [0.2, 0.25) is 0 Å². The molecule has 0 N–H and O–H groups in total. The van der Waals surface area contributed by atoms with Gasteiger partial charge in [0.25, 0.3) is 0 Å². The molecule has 2 aliphatic rings. The number of carbonyl (C=O) groups excluding carboxylic acids is 1. The molecule has 3 aromatic rings. The van der Waals surface area contributed by atoms with Gasteiger partial charge in [0.1, 0.15) is 12.4 Å². The van der Waals surface area contributed by atoms with Crippen LogP contribution in [0, 0.1) is 0 Å². The molecular formula is C23H22N2O3. The van der Waals surface area contributed by atoms with Crippen LogP contribution in [0.3, 0.4) is 0 Å². The Balaban J connectivity index is 1.59. The Labute approximate surface area is 163 Å². The van der Waals surface area contributed by atoms with Crippen molar-refractivity contribution in [1.29, 1.82) is 0 Å². The number of ketones is 1. The van der Waals surface area contributed by atoms with Crippen molar-refractivity contribution in [2.75, 3.05) is 33.4 Å². The Bertz CT molecular complexity index is 1070. The molecule has 28 heavy (non-hydrogen) atoms. The Morgan fingerprint density at radius 1 is 1.04 bits per heavy atom. The van der Waals surface area contributed by atoms with Crippen molar-refractivity contribution < 1.29 is 14.3 Å². The maximum atomic E-state index is 13.3. The van der Waals surface area contributed by atoms with Gasteiger partial charge in [-0.3, -0.25) is 9.69 Å². The van der Waals surface area contributed by atoms with E-state index in [9.17, 15) is 4.79 Å². The number of carbonyl (C=O) groups is 1. The lowest BCUT2D eigenvalue weighted by atomic mass is 10.0. The van der Waals surface area contributed by atoms with Crippen LogP contribution in [-0.2, 0) is 0 Å². The number of hydrogen-bond acceptors (Lipinski definition) is 5. The topological polar surface area (TPSA) is 51.7 Å². The predicted octanol–water partition coefficient (Wildman–Crippen LogP) is 3.93. The second-order valence-electron chi connectivity index (χ2n) is 7.32. The lowest BCUT2D eigenvalue weighted by Gasteiger charge is -2.16. The summed E-state index contributed by atoms with van der Waals surface area (Å²) < 4.78 is 11.5. The van der Waals surface area contributed by atoms with E-state index in [4.69, 9.17) is 14.5 Å². The minimum absolute atomic E-state index is 0.00638. The van der Waals surface area contributed by atoms with Crippen molar-refractivity contribution in [2.45, 2.75) is 12.8 Å². The molecule has 5 rings (SSSR count). The summed E-state index contributed by atoms with van der Waals surface area (Å²) in [4.78, 5) is 20.4. The van der Waals surface area contributed by atoms with E-state index in [-0.39, 0.29) is 5.78 Å². The minimum atomic E-state index is 0.00638. The molecule has 0 atom stereocenters. The summed E-state index contributed by atoms with van der Waals surface area (Å²) in [7, 11) is 1.61. The molecule has 1 aromatic heterocycles. The Morgan fingerprint density at radius 2 is 1.86 bits per heavy atom. The van der Waals surface area contributed by atoms with Gasteiger partial charge in [0, 0.05) is 23.1 Å². The van der Waals surface area contributed by atoms with E-state index in [2.05, 4.69) is 4.90 Å². The van der Waals surface area contributed by atoms with Crippen molar-refractivity contribution in [3.05, 3.63) is 53.6 Å². The van der Waals surface area contributed by atoms with E-state index < -0.39 is 0 Å². The first kappa shape index (κ1) is 17.2. The highest BCUT2D eigenvalue weighted by Gasteiger charge is 2.33. The molecule has 0 amide bonds. The Hall–Kier alpha value is -2.92. The van der Waals surface area contributed by atoms with Gasteiger partial charge in [0.2, 0.25) is 5.88 Å². The van der Waals surface area contributed by atoms with Crippen molar-refractivity contribution in [2.24, 2.45) is 0 Å². The third-order valence-electron chi connectivity index (χ3n) is 5.67. The fourth-order valence-electron chi connectivity index (χ4n) is 4.25. The molecule has 0 radical (unpaired) electrons. The molecule has 1 fully saturated rings. The maximum absolute atomic E-state index is 13.3. The highest BCUT2D eigenvalue weighted by atomic mass is 16.5. The minimum Gasteiger partial charge on any atom is -0.497 e. The highest BCUT2D eigenvalue weighted by Crippen LogP contribution is 2.45. The number of methoxy groups -OCH3 is 1. The summed E-state index contributed by atoms with van der Waals surface area (Å²) in [5, 5.41) is 0.865. The van der Waals surface area contributed by atoms with Gasteiger partial charge in [-0.15, -0.1) is 0 Å². The molecule has 1 aliphatic carbocycles. The number of para-hydroxylation sites is 1. The van der Waals surface area contributed by atoms with Crippen LogP contribution >= 0.6 is 0 Å². The average Bonchev–Trinajstić information content (AvgIpc) is 3.35. The number of hydrogen-bond donors (Lipinski definition) is 0. The lowest BCUT2D eigenvalue weighted by Crippen LogP contribution is -2.25. The zero-order chi connectivity index (χ0) is 19.1. The molecule has 0 bridgehead atoms. The zero-order valence-corrected chi connectivity index (χ0v) is 15.9. The molecule has 142 valence electrons. The van der Waals surface area contributed by atoms with Crippen LogP contribution in [0.4, 0.5) is 0 Å². The molecule has 1 aliphatic heterocycles. The van der Waals surface area contributed by atoms with Crippen LogP contribution in [-0.4, -0.2) is 49.0 Å². The first-order valence-electron chi connectivity index (χ1n) is 9.77. The van der Waals surface area contributed by atoms with E-state index in [1.807, 2.05) is 36.4 Å². The van der Waals surface area contributed by atoms with E-state index in [1.54, 1.807) is 13.2 Å². The van der Waals surface area contributed by atoms with Crippen LogP contribution in [0.1, 0.15) is 28.8 Å². The third-order valence-corrected chi connectivity index (χ3v) is 5.67. The maximum Gasteiger partial charge on any atom is 0.222 e. The largest absolute Gasteiger partial charge is 0.497 e. The van der Waals surface area contributed by atoms with Gasteiger partial charge >= 0.3 is 0 Å². The summed E-state index contributed by atoms with van der Waals surface area (Å²) in [5.41, 5.74) is 3.80. The normalized spacial score (nSPS) is 15.7. The second-order valence-corrected chi connectivity index (χ2v) is 7.32. The fraction of sp³-hybridized carbons (Fsp3) is 0.304. The van der Waals surface area contributed by atoms with Gasteiger partial charge in [-0.05, 0) is 55.8 Å². The number of likely N-dealkylation sites (tertiary alicyclic amines) is 1. The number of ether oxygens (including phenoxy) is 2. The number of fused-ring (bicyclic) bond motifs is 5. The number of benzene rings is 2. The van der Waals surface area contributed by atoms with E-state index in [1.165, 1.54) is 12.8 Å². The van der Waals surface area contributed by atoms with Gasteiger partial charge in [0.05, 0.1) is 18.2 Å². The summed E-state index contributed by atoms with van der Waals surface area (Å²) in [6, 6.07) is 13.4. The Morgan fingerprint density at radius 3 is 2.68 bits per heavy atom. The van der Waals surface area contributed by atoms with Gasteiger partial charge in [-0.2, -0.15) is 0 Å². The number of pyridine rings is 1. The van der Waals surface area contributed by atoms with Crippen molar-refractivity contribution in [3.63, 3.8) is 0 Å². The second kappa shape index (κ2) is 6.91. The van der Waals surface area contributed by atoms with Gasteiger partial charge in [-0.1, -0.05) is 18.2 Å². The molecule has 0 spiro atoms. The van der Waals surface area contributed by atoms with Gasteiger partial charge in [0.15, 0.2) is 5.78 Å². The number of rotatable bonds is 5. The van der Waals surface area contributed by atoms with Crippen LogP contribution in [0.15, 0.2) is 42.5 Å². The molecule has 2 heterocycles. The smallest absolute Gasteiger partial charge is 0.222 e. The van der Waals surface area contributed by atoms with Gasteiger partial charge in [-0.25, -0.2) is 4.98 Å². The van der Waals surface area contributed by atoms with E-state index >= 15 is 0 Å². The first-order valence-corrected chi connectivity index (χ1v) is 9.77. The number of aromatic nitrogens is 1. The van der Waals surface area contributed by atoms with E-state index in [0.29, 0.717) is 29.4 Å². The van der Waals surface area contributed by atoms with Crippen molar-refractivity contribution in [1.82, 2.24) is 9.88 Å². The van der Waals surface area contributed by atoms with Gasteiger partial charge < -0.3 is 9.47 Å². The standard InChI is InChI=1S/C23H22N2O3/c1-27-15-8-9-16-18(14-15)22(26)20-17-6-2-3-7-19(17)24-23(21(16)20)28-13-12-25-10-4-5-11-25/h2-3,6-9,14H,4-5,10-13H2,1H3. The van der Waals surface area contributed by atoms with Crippen molar-refractivity contribution >= 4 is 16.7 Å². The zero-order valence-electron chi connectivity index (χ0n) is 15.9. The summed E-state index contributed by atoms with van der Waals surface area (Å²) >= 11 is 0. The molecule has 0 unspecified atom stereocenters. The lowest BCUT2D eigenvalue weighted by molar-refractivity contribution is 0.104. The molecule has 5 heteroatoms. The SMILES string of the molecule is COc1ccc2c(c1)C(=O)c1c-2c(OCCN2CCCC2)nc2ccccc12. The molecule has 1 saturated heterocycles. The summed E-state index contributed by atoms with van der Waals surface area (Å²) in [6.07, 6.45) is 2.51. The van der Waals surface area contributed by atoms with E-state index in [0.717, 1.165) is 41.7 Å². The molecular weight excluding hydrogens is 352 g/mol. The average molecular weight is 374 g/mol. The fourth-order valence-corrected chi connectivity index (χ4v) is 4.25. The van der Waals surface area contributed by atoms with Crippen molar-refractivity contribution in [3.8, 4) is 22.8 Å². The monoisotopic (exact) mass is 374 g/mol.